The SMILES string of the molecule is COC(=O)C1=C(C(=O)OC)N(c2ccc(OC3CCCC3)c(Cl)c2)COC1. The zero-order chi connectivity index (χ0) is 19.4. The van der Waals surface area contributed by atoms with E-state index in [2.05, 4.69) is 0 Å². The fraction of sp³-hybridized carbons (Fsp3) is 0.474. The second-order valence-corrected chi connectivity index (χ2v) is 6.76. The number of methoxy groups -OCH3 is 2. The summed E-state index contributed by atoms with van der Waals surface area (Å²) in [5.41, 5.74) is 0.759. The molecule has 3 rings (SSSR count). The topological polar surface area (TPSA) is 74.3 Å². The van der Waals surface area contributed by atoms with Gasteiger partial charge in [0.25, 0.3) is 0 Å². The van der Waals surface area contributed by atoms with Crippen molar-refractivity contribution in [1.82, 2.24) is 0 Å². The first kappa shape index (κ1) is 19.5. The van der Waals surface area contributed by atoms with E-state index < -0.39 is 11.9 Å². The standard InChI is InChI=1S/C19H22ClNO6/c1-24-18(22)14-10-26-11-21(17(14)19(23)25-2)12-7-8-16(15(20)9-12)27-13-5-3-4-6-13/h7-9,13H,3-6,10-11H2,1-2H3. The van der Waals surface area contributed by atoms with Gasteiger partial charge < -0.3 is 23.8 Å². The molecule has 0 N–H and O–H groups in total. The molecule has 0 spiro atoms. The van der Waals surface area contributed by atoms with Gasteiger partial charge in [0, 0.05) is 5.69 Å². The van der Waals surface area contributed by atoms with Crippen molar-refractivity contribution in [3.8, 4) is 5.75 Å². The molecule has 146 valence electrons. The monoisotopic (exact) mass is 395 g/mol. The van der Waals surface area contributed by atoms with Crippen LogP contribution in [0.5, 0.6) is 5.75 Å². The second-order valence-electron chi connectivity index (χ2n) is 6.35. The summed E-state index contributed by atoms with van der Waals surface area (Å²) < 4.78 is 21.0. The number of hydrogen-bond acceptors (Lipinski definition) is 7. The van der Waals surface area contributed by atoms with Crippen LogP contribution in [0.3, 0.4) is 0 Å². The molecule has 0 saturated heterocycles. The average Bonchev–Trinajstić information content (AvgIpc) is 3.20. The van der Waals surface area contributed by atoms with Crippen LogP contribution in [0.15, 0.2) is 29.5 Å². The second kappa shape index (κ2) is 8.63. The van der Waals surface area contributed by atoms with Crippen LogP contribution in [-0.4, -0.2) is 45.6 Å². The van der Waals surface area contributed by atoms with Crippen molar-refractivity contribution < 1.29 is 28.5 Å². The lowest BCUT2D eigenvalue weighted by Crippen LogP contribution is -2.38. The molecule has 0 unspecified atom stereocenters. The van der Waals surface area contributed by atoms with Crippen LogP contribution in [-0.2, 0) is 23.8 Å². The molecular formula is C19H22ClNO6. The van der Waals surface area contributed by atoms with Gasteiger partial charge >= 0.3 is 11.9 Å². The van der Waals surface area contributed by atoms with Crippen LogP contribution >= 0.6 is 11.6 Å². The summed E-state index contributed by atoms with van der Waals surface area (Å²) >= 11 is 6.40. The van der Waals surface area contributed by atoms with Crippen molar-refractivity contribution in [3.63, 3.8) is 0 Å². The molecule has 1 aromatic carbocycles. The maximum Gasteiger partial charge on any atom is 0.355 e. The van der Waals surface area contributed by atoms with Gasteiger partial charge in [-0.05, 0) is 43.9 Å². The van der Waals surface area contributed by atoms with E-state index in [0.29, 0.717) is 16.5 Å². The maximum absolute atomic E-state index is 12.3. The summed E-state index contributed by atoms with van der Waals surface area (Å²) in [4.78, 5) is 25.9. The number of halogens is 1. The average molecular weight is 396 g/mol. The van der Waals surface area contributed by atoms with E-state index in [1.165, 1.54) is 19.1 Å². The van der Waals surface area contributed by atoms with Crippen LogP contribution in [0.4, 0.5) is 5.69 Å². The number of nitrogens with zero attached hydrogens (tertiary/aromatic N) is 1. The third-order valence-corrected chi connectivity index (χ3v) is 4.95. The summed E-state index contributed by atoms with van der Waals surface area (Å²) in [6, 6.07) is 5.21. The number of carbonyl (C=O) groups excluding carboxylic acids is 2. The van der Waals surface area contributed by atoms with Gasteiger partial charge in [0.1, 0.15) is 18.2 Å². The predicted octanol–water partition coefficient (Wildman–Crippen LogP) is 3.06. The minimum atomic E-state index is -0.652. The fourth-order valence-corrected chi connectivity index (χ4v) is 3.51. The van der Waals surface area contributed by atoms with Crippen LogP contribution in [0, 0.1) is 0 Å². The molecule has 8 heteroatoms. The molecule has 1 aliphatic carbocycles. The van der Waals surface area contributed by atoms with E-state index in [4.69, 9.17) is 30.5 Å². The number of rotatable bonds is 5. The van der Waals surface area contributed by atoms with Gasteiger partial charge in [-0.15, -0.1) is 0 Å². The number of esters is 2. The summed E-state index contributed by atoms with van der Waals surface area (Å²) in [5, 5.41) is 0.425. The van der Waals surface area contributed by atoms with Gasteiger partial charge in [0.15, 0.2) is 0 Å². The van der Waals surface area contributed by atoms with Gasteiger partial charge in [-0.3, -0.25) is 0 Å². The minimum absolute atomic E-state index is 0.0375. The Balaban J connectivity index is 1.92. The Labute approximate surface area is 162 Å². The quantitative estimate of drug-likeness (QED) is 0.709. The van der Waals surface area contributed by atoms with E-state index in [-0.39, 0.29) is 30.7 Å². The number of benzene rings is 1. The first-order valence-corrected chi connectivity index (χ1v) is 9.14. The molecule has 1 aromatic rings. The van der Waals surface area contributed by atoms with Gasteiger partial charge in [0.2, 0.25) is 0 Å². The summed E-state index contributed by atoms with van der Waals surface area (Å²) in [5.74, 6) is -0.699. The molecule has 1 aliphatic heterocycles. The summed E-state index contributed by atoms with van der Waals surface area (Å²) in [7, 11) is 2.50. The molecule has 0 radical (unpaired) electrons. The Kier molecular flexibility index (Phi) is 6.23. The lowest BCUT2D eigenvalue weighted by molar-refractivity contribution is -0.140. The normalized spacial score (nSPS) is 17.8. The van der Waals surface area contributed by atoms with Gasteiger partial charge in [-0.2, -0.15) is 0 Å². The van der Waals surface area contributed by atoms with E-state index in [0.717, 1.165) is 25.7 Å². The molecule has 2 aliphatic rings. The third-order valence-electron chi connectivity index (χ3n) is 4.66. The van der Waals surface area contributed by atoms with E-state index in [1.54, 1.807) is 18.2 Å². The Hall–Kier alpha value is -2.25. The van der Waals surface area contributed by atoms with Crippen molar-refractivity contribution in [2.45, 2.75) is 31.8 Å². The fourth-order valence-electron chi connectivity index (χ4n) is 3.29. The van der Waals surface area contributed by atoms with Crippen LogP contribution < -0.4 is 9.64 Å². The Morgan fingerprint density at radius 3 is 2.48 bits per heavy atom. The summed E-state index contributed by atoms with van der Waals surface area (Å²) in [6.45, 7) is 0.0360. The number of carbonyl (C=O) groups is 2. The van der Waals surface area contributed by atoms with Gasteiger partial charge in [0.05, 0.1) is 37.5 Å². The Morgan fingerprint density at radius 1 is 1.15 bits per heavy atom. The molecule has 1 heterocycles. The molecule has 0 atom stereocenters. The van der Waals surface area contributed by atoms with Crippen molar-refractivity contribution >= 4 is 29.2 Å². The highest BCUT2D eigenvalue weighted by Gasteiger charge is 2.32. The first-order chi connectivity index (χ1) is 13.0. The zero-order valence-corrected chi connectivity index (χ0v) is 16.1. The smallest absolute Gasteiger partial charge is 0.355 e. The molecule has 1 fully saturated rings. The van der Waals surface area contributed by atoms with Crippen molar-refractivity contribution in [2.75, 3.05) is 32.5 Å². The number of hydrogen-bond donors (Lipinski definition) is 0. The molecule has 7 nitrogen and oxygen atoms in total. The highest BCUT2D eigenvalue weighted by molar-refractivity contribution is 6.32. The maximum atomic E-state index is 12.3. The Bertz CT molecular complexity index is 757. The lowest BCUT2D eigenvalue weighted by Gasteiger charge is -2.31. The number of anilines is 1. The van der Waals surface area contributed by atoms with Crippen LogP contribution in [0.1, 0.15) is 25.7 Å². The molecular weight excluding hydrogens is 374 g/mol. The molecule has 1 saturated carbocycles. The lowest BCUT2D eigenvalue weighted by atomic mass is 10.1. The van der Waals surface area contributed by atoms with Crippen LogP contribution in [0.25, 0.3) is 0 Å². The van der Waals surface area contributed by atoms with Crippen molar-refractivity contribution in [1.29, 1.82) is 0 Å². The summed E-state index contributed by atoms with van der Waals surface area (Å²) in [6.07, 6.45) is 4.55. The van der Waals surface area contributed by atoms with Crippen LogP contribution in [0.2, 0.25) is 5.02 Å². The first-order valence-electron chi connectivity index (χ1n) is 8.76. The molecule has 27 heavy (non-hydrogen) atoms. The molecule has 0 aromatic heterocycles. The van der Waals surface area contributed by atoms with Gasteiger partial charge in [-0.25, -0.2) is 9.59 Å². The zero-order valence-electron chi connectivity index (χ0n) is 15.3. The minimum Gasteiger partial charge on any atom is -0.489 e. The van der Waals surface area contributed by atoms with Gasteiger partial charge in [-0.1, -0.05) is 11.6 Å². The highest BCUT2D eigenvalue weighted by Crippen LogP contribution is 2.35. The largest absolute Gasteiger partial charge is 0.489 e. The van der Waals surface area contributed by atoms with E-state index in [1.807, 2.05) is 0 Å². The van der Waals surface area contributed by atoms with Crippen molar-refractivity contribution in [3.05, 3.63) is 34.5 Å². The highest BCUT2D eigenvalue weighted by atomic mass is 35.5. The van der Waals surface area contributed by atoms with E-state index >= 15 is 0 Å². The predicted molar refractivity (Wildman–Crippen MR) is 98.7 cm³/mol. The third kappa shape index (κ3) is 4.20. The molecule has 0 amide bonds. The molecule has 0 bridgehead atoms. The van der Waals surface area contributed by atoms with Crippen molar-refractivity contribution in [2.24, 2.45) is 0 Å². The Morgan fingerprint density at radius 2 is 1.85 bits per heavy atom. The van der Waals surface area contributed by atoms with E-state index in [9.17, 15) is 9.59 Å². The number of ether oxygens (including phenoxy) is 4.